The molecule has 1 saturated carbocycles. The van der Waals surface area contributed by atoms with Gasteiger partial charge in [-0.15, -0.1) is 0 Å². The van der Waals surface area contributed by atoms with Crippen LogP contribution in [0, 0.1) is 0 Å². The predicted octanol–water partition coefficient (Wildman–Crippen LogP) is 2.59. The van der Waals surface area contributed by atoms with Gasteiger partial charge in [0, 0.05) is 23.7 Å². The van der Waals surface area contributed by atoms with Crippen LogP contribution in [-0.2, 0) is 11.3 Å². The number of carboxylic acid groups (broad SMARTS) is 1. The molecule has 6 heteroatoms. The molecule has 1 atom stereocenters. The van der Waals surface area contributed by atoms with Gasteiger partial charge in [-0.25, -0.2) is 4.79 Å². The van der Waals surface area contributed by atoms with Crippen LogP contribution in [0.25, 0.3) is 0 Å². The second-order valence-corrected chi connectivity index (χ2v) is 6.40. The highest BCUT2D eigenvalue weighted by Gasteiger charge is 2.29. The molecule has 122 valence electrons. The number of hydrogen-bond acceptors (Lipinski definition) is 4. The molecule has 0 amide bonds. The summed E-state index contributed by atoms with van der Waals surface area (Å²) in [4.78, 5) is 10.9. The number of benzene rings is 1. The van der Waals surface area contributed by atoms with Crippen LogP contribution in [0.5, 0.6) is 5.75 Å². The lowest BCUT2D eigenvalue weighted by molar-refractivity contribution is -0.156. The quantitative estimate of drug-likeness (QED) is 0.717. The Hall–Kier alpha value is -1.30. The van der Waals surface area contributed by atoms with Crippen LogP contribution in [-0.4, -0.2) is 34.4 Å². The van der Waals surface area contributed by atoms with Crippen molar-refractivity contribution in [2.75, 3.05) is 6.54 Å². The minimum absolute atomic E-state index is 0.0578. The van der Waals surface area contributed by atoms with E-state index in [1.807, 2.05) is 6.07 Å². The second-order valence-electron chi connectivity index (χ2n) is 5.96. The number of ether oxygens (including phenoxy) is 1. The third kappa shape index (κ3) is 4.60. The number of carbonyl (C=O) groups is 1. The molecular formula is C16H22ClNO4. The predicted molar refractivity (Wildman–Crippen MR) is 84.3 cm³/mol. The van der Waals surface area contributed by atoms with Crippen molar-refractivity contribution in [1.29, 1.82) is 0 Å². The molecule has 3 N–H and O–H groups in total. The Balaban J connectivity index is 1.99. The summed E-state index contributed by atoms with van der Waals surface area (Å²) in [5.41, 5.74) is -0.939. The van der Waals surface area contributed by atoms with E-state index >= 15 is 0 Å². The van der Waals surface area contributed by atoms with E-state index in [0.717, 1.165) is 24.2 Å². The first kappa shape index (κ1) is 17.1. The Bertz CT molecular complexity index is 527. The molecule has 0 bridgehead atoms. The molecule has 1 aliphatic carbocycles. The van der Waals surface area contributed by atoms with Gasteiger partial charge in [-0.2, -0.15) is 0 Å². The lowest BCUT2D eigenvalue weighted by Gasteiger charge is -2.20. The van der Waals surface area contributed by atoms with Gasteiger partial charge in [0.05, 0.1) is 6.10 Å². The number of aliphatic hydroxyl groups is 1. The minimum Gasteiger partial charge on any atom is -0.490 e. The van der Waals surface area contributed by atoms with Crippen molar-refractivity contribution in [3.8, 4) is 5.75 Å². The van der Waals surface area contributed by atoms with Crippen molar-refractivity contribution in [1.82, 2.24) is 5.32 Å². The average molecular weight is 328 g/mol. The first-order chi connectivity index (χ1) is 10.4. The summed E-state index contributed by atoms with van der Waals surface area (Å²) in [6.45, 7) is 1.58. The van der Waals surface area contributed by atoms with E-state index in [1.165, 1.54) is 19.8 Å². The van der Waals surface area contributed by atoms with E-state index < -0.39 is 11.6 Å². The lowest BCUT2D eigenvalue weighted by Crippen LogP contribution is -2.44. The number of nitrogens with one attached hydrogen (secondary N) is 1. The maximum absolute atomic E-state index is 10.9. The highest BCUT2D eigenvalue weighted by Crippen LogP contribution is 2.28. The fourth-order valence-corrected chi connectivity index (χ4v) is 2.70. The molecule has 1 aliphatic rings. The van der Waals surface area contributed by atoms with Gasteiger partial charge in [0.2, 0.25) is 0 Å². The highest BCUT2D eigenvalue weighted by molar-refractivity contribution is 6.30. The van der Waals surface area contributed by atoms with E-state index in [9.17, 15) is 9.90 Å². The van der Waals surface area contributed by atoms with Gasteiger partial charge < -0.3 is 20.3 Å². The van der Waals surface area contributed by atoms with E-state index in [0.29, 0.717) is 11.6 Å². The molecule has 1 aromatic carbocycles. The Morgan fingerprint density at radius 1 is 1.45 bits per heavy atom. The Labute approximate surface area is 135 Å². The first-order valence-corrected chi connectivity index (χ1v) is 7.88. The molecule has 1 unspecified atom stereocenters. The van der Waals surface area contributed by atoms with E-state index in [1.54, 1.807) is 12.1 Å². The molecule has 2 rings (SSSR count). The topological polar surface area (TPSA) is 78.8 Å². The molecule has 0 aliphatic heterocycles. The zero-order valence-electron chi connectivity index (χ0n) is 12.6. The second kappa shape index (κ2) is 7.31. The summed E-state index contributed by atoms with van der Waals surface area (Å²) in [5, 5.41) is 22.1. The average Bonchev–Trinajstić information content (AvgIpc) is 2.94. The molecule has 0 heterocycles. The van der Waals surface area contributed by atoms with Crippen LogP contribution < -0.4 is 10.1 Å². The van der Waals surface area contributed by atoms with Crippen molar-refractivity contribution in [2.24, 2.45) is 0 Å². The van der Waals surface area contributed by atoms with Gasteiger partial charge >= 0.3 is 5.97 Å². The smallest absolute Gasteiger partial charge is 0.336 e. The molecule has 0 aromatic heterocycles. The monoisotopic (exact) mass is 327 g/mol. The van der Waals surface area contributed by atoms with Crippen molar-refractivity contribution >= 4 is 17.6 Å². The fraction of sp³-hybridized carbons (Fsp3) is 0.562. The normalized spacial score (nSPS) is 18.1. The maximum Gasteiger partial charge on any atom is 0.336 e. The summed E-state index contributed by atoms with van der Waals surface area (Å²) in [6.07, 6.45) is 4.73. The van der Waals surface area contributed by atoms with Crippen LogP contribution in [0.15, 0.2) is 18.2 Å². The van der Waals surface area contributed by atoms with Gasteiger partial charge in [0.1, 0.15) is 5.75 Å². The van der Waals surface area contributed by atoms with Gasteiger partial charge in [-0.3, -0.25) is 0 Å². The molecular weight excluding hydrogens is 306 g/mol. The SMILES string of the molecule is CC(O)(CNCc1cc(Cl)ccc1OC1CCCC1)C(=O)O. The molecule has 0 saturated heterocycles. The number of aliphatic carboxylic acids is 1. The van der Waals surface area contributed by atoms with Gasteiger partial charge in [-0.1, -0.05) is 11.6 Å². The number of rotatable bonds is 7. The Morgan fingerprint density at radius 3 is 2.77 bits per heavy atom. The highest BCUT2D eigenvalue weighted by atomic mass is 35.5. The minimum atomic E-state index is -1.80. The Kier molecular flexibility index (Phi) is 5.67. The van der Waals surface area contributed by atoms with Crippen LogP contribution in [0.2, 0.25) is 5.02 Å². The van der Waals surface area contributed by atoms with Crippen molar-refractivity contribution in [2.45, 2.75) is 50.9 Å². The first-order valence-electron chi connectivity index (χ1n) is 7.50. The summed E-state index contributed by atoms with van der Waals surface area (Å²) >= 11 is 6.03. The van der Waals surface area contributed by atoms with Crippen LogP contribution in [0.4, 0.5) is 0 Å². The molecule has 1 aromatic rings. The van der Waals surface area contributed by atoms with Gasteiger partial charge in [-0.05, 0) is 50.8 Å². The largest absolute Gasteiger partial charge is 0.490 e. The zero-order valence-corrected chi connectivity index (χ0v) is 13.4. The summed E-state index contributed by atoms with van der Waals surface area (Å²) in [6, 6.07) is 5.42. The summed E-state index contributed by atoms with van der Waals surface area (Å²) < 4.78 is 6.01. The zero-order chi connectivity index (χ0) is 16.2. The van der Waals surface area contributed by atoms with E-state index in [4.69, 9.17) is 21.4 Å². The Morgan fingerprint density at radius 2 is 2.14 bits per heavy atom. The number of halogens is 1. The van der Waals surface area contributed by atoms with Crippen LogP contribution >= 0.6 is 11.6 Å². The van der Waals surface area contributed by atoms with Crippen molar-refractivity contribution in [3.63, 3.8) is 0 Å². The number of carboxylic acids is 1. The molecule has 0 radical (unpaired) electrons. The van der Waals surface area contributed by atoms with Crippen molar-refractivity contribution in [3.05, 3.63) is 28.8 Å². The number of hydrogen-bond donors (Lipinski definition) is 3. The third-order valence-electron chi connectivity index (χ3n) is 3.86. The summed E-state index contributed by atoms with van der Waals surface area (Å²) in [5.74, 6) is -0.493. The fourth-order valence-electron chi connectivity index (χ4n) is 2.50. The molecule has 1 fully saturated rings. The molecule has 22 heavy (non-hydrogen) atoms. The standard InChI is InChI=1S/C16H22ClNO4/c1-16(21,15(19)20)10-18-9-11-8-12(17)6-7-14(11)22-13-4-2-3-5-13/h6-8,13,18,21H,2-5,9-10H2,1H3,(H,19,20). The molecule has 0 spiro atoms. The van der Waals surface area contributed by atoms with Crippen LogP contribution in [0.1, 0.15) is 38.2 Å². The van der Waals surface area contributed by atoms with E-state index in [-0.39, 0.29) is 12.6 Å². The van der Waals surface area contributed by atoms with Gasteiger partial charge in [0.25, 0.3) is 0 Å². The third-order valence-corrected chi connectivity index (χ3v) is 4.10. The molecule has 5 nitrogen and oxygen atoms in total. The van der Waals surface area contributed by atoms with Crippen molar-refractivity contribution < 1.29 is 19.7 Å². The maximum atomic E-state index is 10.9. The van der Waals surface area contributed by atoms with Gasteiger partial charge in [0.15, 0.2) is 5.60 Å². The summed E-state index contributed by atoms with van der Waals surface area (Å²) in [7, 11) is 0. The van der Waals surface area contributed by atoms with E-state index in [2.05, 4.69) is 5.32 Å². The lowest BCUT2D eigenvalue weighted by atomic mass is 10.1. The van der Waals surface area contributed by atoms with Crippen LogP contribution in [0.3, 0.4) is 0 Å².